The molecule has 0 aromatic heterocycles. The Balaban J connectivity index is 2.54. The van der Waals surface area contributed by atoms with E-state index in [1.807, 2.05) is 12.1 Å². The first-order chi connectivity index (χ1) is 8.46. The van der Waals surface area contributed by atoms with Gasteiger partial charge < -0.3 is 5.11 Å². The van der Waals surface area contributed by atoms with Gasteiger partial charge in [-0.1, -0.05) is 30.7 Å². The van der Waals surface area contributed by atoms with Gasteiger partial charge in [0.2, 0.25) is 0 Å². The van der Waals surface area contributed by atoms with E-state index >= 15 is 0 Å². The lowest BCUT2D eigenvalue weighted by Gasteiger charge is -2.14. The molecule has 1 aromatic rings. The molecule has 0 radical (unpaired) electrons. The SMILES string of the molecule is CCS(=O)(=O)CCC(CO)Cc1ccc(Cl)cc1. The van der Waals surface area contributed by atoms with E-state index in [9.17, 15) is 13.5 Å². The van der Waals surface area contributed by atoms with Gasteiger partial charge in [-0.05, 0) is 36.5 Å². The molecule has 0 spiro atoms. The minimum absolute atomic E-state index is 0.00185. The third kappa shape index (κ3) is 5.38. The summed E-state index contributed by atoms with van der Waals surface area (Å²) in [7, 11) is -2.96. The lowest BCUT2D eigenvalue weighted by Crippen LogP contribution is -2.17. The fourth-order valence-corrected chi connectivity index (χ4v) is 2.81. The van der Waals surface area contributed by atoms with Crippen LogP contribution in [0.5, 0.6) is 0 Å². The number of benzene rings is 1. The van der Waals surface area contributed by atoms with Crippen LogP contribution < -0.4 is 0 Å². The lowest BCUT2D eigenvalue weighted by atomic mass is 9.98. The molecule has 0 bridgehead atoms. The normalized spacial score (nSPS) is 13.5. The molecule has 102 valence electrons. The summed E-state index contributed by atoms with van der Waals surface area (Å²) in [5, 5.41) is 9.96. The van der Waals surface area contributed by atoms with Crippen LogP contribution in [0.2, 0.25) is 5.02 Å². The van der Waals surface area contributed by atoms with Gasteiger partial charge in [0.05, 0.1) is 5.75 Å². The highest BCUT2D eigenvalue weighted by atomic mass is 35.5. The number of aliphatic hydroxyl groups excluding tert-OH is 1. The Bertz CT molecular complexity index is 454. The third-order valence-corrected chi connectivity index (χ3v) is 4.96. The molecule has 0 aliphatic heterocycles. The van der Waals surface area contributed by atoms with Crippen LogP contribution in [0, 0.1) is 5.92 Å². The molecule has 0 aliphatic rings. The van der Waals surface area contributed by atoms with Crippen molar-refractivity contribution in [3.05, 3.63) is 34.9 Å². The van der Waals surface area contributed by atoms with Crippen molar-refractivity contribution >= 4 is 21.4 Å². The molecule has 0 amide bonds. The number of hydrogen-bond donors (Lipinski definition) is 1. The zero-order valence-electron chi connectivity index (χ0n) is 10.5. The molecule has 0 fully saturated rings. The van der Waals surface area contributed by atoms with Gasteiger partial charge in [0.1, 0.15) is 9.84 Å². The van der Waals surface area contributed by atoms with Crippen LogP contribution in [0.4, 0.5) is 0 Å². The van der Waals surface area contributed by atoms with Crippen LogP contribution in [0.3, 0.4) is 0 Å². The molecule has 18 heavy (non-hydrogen) atoms. The van der Waals surface area contributed by atoms with Crippen LogP contribution in [0.1, 0.15) is 18.9 Å². The summed E-state index contributed by atoms with van der Waals surface area (Å²) in [5.74, 6) is 0.279. The highest BCUT2D eigenvalue weighted by Crippen LogP contribution is 2.16. The van der Waals surface area contributed by atoms with E-state index in [-0.39, 0.29) is 24.0 Å². The number of halogens is 1. The molecule has 1 N–H and O–H groups in total. The summed E-state index contributed by atoms with van der Waals surface area (Å²) < 4.78 is 22.8. The third-order valence-electron chi connectivity index (χ3n) is 2.97. The van der Waals surface area contributed by atoms with Gasteiger partial charge in [-0.3, -0.25) is 0 Å². The Hall–Kier alpha value is -0.580. The minimum atomic E-state index is -2.96. The van der Waals surface area contributed by atoms with E-state index in [0.717, 1.165) is 5.56 Å². The van der Waals surface area contributed by atoms with Crippen molar-refractivity contribution in [1.29, 1.82) is 0 Å². The second-order valence-corrected chi connectivity index (χ2v) is 7.31. The Morgan fingerprint density at radius 2 is 1.89 bits per heavy atom. The largest absolute Gasteiger partial charge is 0.396 e. The summed E-state index contributed by atoms with van der Waals surface area (Å²) >= 11 is 5.79. The Morgan fingerprint density at radius 3 is 2.39 bits per heavy atom. The fraction of sp³-hybridized carbons (Fsp3) is 0.538. The van der Waals surface area contributed by atoms with Crippen molar-refractivity contribution in [3.63, 3.8) is 0 Å². The zero-order chi connectivity index (χ0) is 13.6. The average molecular weight is 291 g/mol. The van der Waals surface area contributed by atoms with Crippen molar-refractivity contribution < 1.29 is 13.5 Å². The van der Waals surface area contributed by atoms with Crippen molar-refractivity contribution in [2.75, 3.05) is 18.1 Å². The van der Waals surface area contributed by atoms with Gasteiger partial charge in [0.25, 0.3) is 0 Å². The first-order valence-corrected chi connectivity index (χ1v) is 8.22. The Morgan fingerprint density at radius 1 is 1.28 bits per heavy atom. The molecular formula is C13H19ClO3S. The highest BCUT2D eigenvalue weighted by molar-refractivity contribution is 7.91. The summed E-state index contributed by atoms with van der Waals surface area (Å²) in [6, 6.07) is 7.40. The Labute approximate surface area is 114 Å². The molecule has 1 unspecified atom stereocenters. The van der Waals surface area contributed by atoms with Gasteiger partial charge >= 0.3 is 0 Å². The second kappa shape index (κ2) is 7.12. The molecule has 0 aliphatic carbocycles. The van der Waals surface area contributed by atoms with Gasteiger partial charge in [0.15, 0.2) is 0 Å². The van der Waals surface area contributed by atoms with Crippen LogP contribution in [-0.4, -0.2) is 31.6 Å². The lowest BCUT2D eigenvalue weighted by molar-refractivity contribution is 0.222. The summed E-state index contributed by atoms with van der Waals surface area (Å²) in [6.45, 7) is 1.64. The van der Waals surface area contributed by atoms with E-state index in [4.69, 9.17) is 11.6 Å². The average Bonchev–Trinajstić information content (AvgIpc) is 2.37. The molecule has 5 heteroatoms. The van der Waals surface area contributed by atoms with E-state index in [1.54, 1.807) is 19.1 Å². The van der Waals surface area contributed by atoms with Crippen molar-refractivity contribution in [2.24, 2.45) is 5.92 Å². The van der Waals surface area contributed by atoms with Gasteiger partial charge in [-0.2, -0.15) is 0 Å². The number of hydrogen-bond acceptors (Lipinski definition) is 3. The maximum atomic E-state index is 11.4. The standard InChI is InChI=1S/C13H19ClO3S/c1-2-18(16,17)8-7-12(10-15)9-11-3-5-13(14)6-4-11/h3-6,12,15H,2,7-10H2,1H3. The predicted octanol–water partition coefficient (Wildman–Crippen LogP) is 2.32. The molecule has 0 saturated carbocycles. The molecule has 0 heterocycles. The van der Waals surface area contributed by atoms with Gasteiger partial charge in [-0.25, -0.2) is 8.42 Å². The van der Waals surface area contributed by atoms with Crippen molar-refractivity contribution in [2.45, 2.75) is 19.8 Å². The van der Waals surface area contributed by atoms with Gasteiger partial charge in [-0.15, -0.1) is 0 Å². The van der Waals surface area contributed by atoms with Crippen molar-refractivity contribution in [3.8, 4) is 0 Å². The topological polar surface area (TPSA) is 54.4 Å². The second-order valence-electron chi connectivity index (χ2n) is 4.40. The van der Waals surface area contributed by atoms with E-state index in [0.29, 0.717) is 17.9 Å². The first kappa shape index (κ1) is 15.5. The van der Waals surface area contributed by atoms with Crippen LogP contribution in [-0.2, 0) is 16.3 Å². The van der Waals surface area contributed by atoms with Crippen molar-refractivity contribution in [1.82, 2.24) is 0 Å². The number of sulfone groups is 1. The highest BCUT2D eigenvalue weighted by Gasteiger charge is 2.14. The number of aliphatic hydroxyl groups is 1. The quantitative estimate of drug-likeness (QED) is 0.838. The minimum Gasteiger partial charge on any atom is -0.396 e. The first-order valence-electron chi connectivity index (χ1n) is 6.02. The number of rotatable bonds is 7. The van der Waals surface area contributed by atoms with E-state index in [2.05, 4.69) is 0 Å². The smallest absolute Gasteiger partial charge is 0.150 e. The molecular weight excluding hydrogens is 272 g/mol. The molecule has 1 aromatic carbocycles. The zero-order valence-corrected chi connectivity index (χ0v) is 12.0. The summed E-state index contributed by atoms with van der Waals surface area (Å²) in [4.78, 5) is 0. The molecule has 0 saturated heterocycles. The monoisotopic (exact) mass is 290 g/mol. The molecule has 1 atom stereocenters. The molecule has 3 nitrogen and oxygen atoms in total. The summed E-state index contributed by atoms with van der Waals surface area (Å²) in [6.07, 6.45) is 1.17. The van der Waals surface area contributed by atoms with Gasteiger partial charge in [0, 0.05) is 17.4 Å². The van der Waals surface area contributed by atoms with Crippen LogP contribution >= 0.6 is 11.6 Å². The molecule has 1 rings (SSSR count). The Kier molecular flexibility index (Phi) is 6.12. The van der Waals surface area contributed by atoms with Crippen LogP contribution in [0.15, 0.2) is 24.3 Å². The maximum absolute atomic E-state index is 11.4. The van der Waals surface area contributed by atoms with Crippen LogP contribution in [0.25, 0.3) is 0 Å². The maximum Gasteiger partial charge on any atom is 0.150 e. The van der Waals surface area contributed by atoms with E-state index in [1.165, 1.54) is 0 Å². The fourth-order valence-electron chi connectivity index (χ4n) is 1.70. The summed E-state index contributed by atoms with van der Waals surface area (Å²) in [5.41, 5.74) is 1.06. The predicted molar refractivity (Wildman–Crippen MR) is 74.7 cm³/mol. The van der Waals surface area contributed by atoms with E-state index < -0.39 is 9.84 Å².